The van der Waals surface area contributed by atoms with Crippen molar-refractivity contribution < 1.29 is 9.59 Å². The highest BCUT2D eigenvalue weighted by atomic mass is 35.5. The summed E-state index contributed by atoms with van der Waals surface area (Å²) >= 11 is 11.5. The molecule has 5 nitrogen and oxygen atoms in total. The second kappa shape index (κ2) is 5.86. The van der Waals surface area contributed by atoms with E-state index in [1.54, 1.807) is 0 Å². The van der Waals surface area contributed by atoms with Gasteiger partial charge in [0.1, 0.15) is 0 Å². The Balaban J connectivity index is 2.70. The topological polar surface area (TPSA) is 98.2 Å². The van der Waals surface area contributed by atoms with Crippen LogP contribution in [-0.4, -0.2) is 17.9 Å². The zero-order chi connectivity index (χ0) is 13.0. The Labute approximate surface area is 108 Å². The maximum absolute atomic E-state index is 11.5. The van der Waals surface area contributed by atoms with Gasteiger partial charge in [-0.25, -0.2) is 0 Å². The van der Waals surface area contributed by atoms with E-state index in [1.807, 2.05) is 0 Å². The Hall–Kier alpha value is -1.30. The van der Waals surface area contributed by atoms with Gasteiger partial charge in [0.2, 0.25) is 11.8 Å². The number of rotatable bonds is 4. The molecule has 1 aromatic rings. The van der Waals surface area contributed by atoms with Crippen molar-refractivity contribution in [2.45, 2.75) is 12.5 Å². The fraction of sp³-hybridized carbons (Fsp3) is 0.200. The highest BCUT2D eigenvalue weighted by Gasteiger charge is 2.16. The number of amides is 2. The fourth-order valence-electron chi connectivity index (χ4n) is 1.17. The summed E-state index contributed by atoms with van der Waals surface area (Å²) < 4.78 is 0. The molecule has 0 bridgehead atoms. The summed E-state index contributed by atoms with van der Waals surface area (Å²) in [6.45, 7) is 0. The Morgan fingerprint density at radius 2 is 1.76 bits per heavy atom. The highest BCUT2D eigenvalue weighted by molar-refractivity contribution is 6.35. The molecule has 0 heterocycles. The predicted molar refractivity (Wildman–Crippen MR) is 66.9 cm³/mol. The number of hydrogen-bond acceptors (Lipinski definition) is 3. The van der Waals surface area contributed by atoms with Gasteiger partial charge in [-0.2, -0.15) is 0 Å². The summed E-state index contributed by atoms with van der Waals surface area (Å²) in [5, 5.41) is 3.26. The molecule has 2 amide bonds. The van der Waals surface area contributed by atoms with Gasteiger partial charge in [0.25, 0.3) is 0 Å². The normalized spacial score (nSPS) is 11.9. The third-order valence-electron chi connectivity index (χ3n) is 1.89. The van der Waals surface area contributed by atoms with Crippen molar-refractivity contribution in [2.75, 3.05) is 5.32 Å². The first kappa shape index (κ1) is 13.8. The van der Waals surface area contributed by atoms with Crippen molar-refractivity contribution >= 4 is 40.7 Å². The van der Waals surface area contributed by atoms with Crippen LogP contribution in [0.1, 0.15) is 6.42 Å². The fourth-order valence-corrected chi connectivity index (χ4v) is 1.70. The van der Waals surface area contributed by atoms with Crippen LogP contribution < -0.4 is 16.8 Å². The molecule has 17 heavy (non-hydrogen) atoms. The minimum atomic E-state index is -0.995. The molecule has 0 saturated carbocycles. The Morgan fingerprint density at radius 3 is 2.24 bits per heavy atom. The molecule has 1 rings (SSSR count). The monoisotopic (exact) mass is 275 g/mol. The maximum Gasteiger partial charge on any atom is 0.241 e. The second-order valence-electron chi connectivity index (χ2n) is 3.42. The molecule has 1 atom stereocenters. The third-order valence-corrected chi connectivity index (χ3v) is 2.32. The zero-order valence-corrected chi connectivity index (χ0v) is 10.3. The minimum absolute atomic E-state index is 0.222. The molecule has 1 unspecified atom stereocenters. The van der Waals surface area contributed by atoms with E-state index in [9.17, 15) is 9.59 Å². The second-order valence-corrected chi connectivity index (χ2v) is 4.30. The van der Waals surface area contributed by atoms with Crippen LogP contribution >= 0.6 is 23.2 Å². The van der Waals surface area contributed by atoms with Gasteiger partial charge in [0.15, 0.2) is 0 Å². The molecular formula is C10H11Cl2N3O2. The van der Waals surface area contributed by atoms with E-state index < -0.39 is 17.9 Å². The first-order valence-corrected chi connectivity index (χ1v) is 5.45. The first-order valence-electron chi connectivity index (χ1n) is 4.69. The summed E-state index contributed by atoms with van der Waals surface area (Å²) in [5.41, 5.74) is 10.8. The SMILES string of the molecule is NC(=O)CC(N)C(=O)Nc1cc(Cl)cc(Cl)c1. The molecule has 5 N–H and O–H groups in total. The highest BCUT2D eigenvalue weighted by Crippen LogP contribution is 2.22. The molecule has 0 fully saturated rings. The predicted octanol–water partition coefficient (Wildman–Crippen LogP) is 1.13. The number of hydrogen-bond donors (Lipinski definition) is 3. The lowest BCUT2D eigenvalue weighted by Gasteiger charge is -2.11. The van der Waals surface area contributed by atoms with E-state index in [1.165, 1.54) is 18.2 Å². The van der Waals surface area contributed by atoms with Gasteiger partial charge in [0, 0.05) is 15.7 Å². The number of nitrogens with two attached hydrogens (primary N) is 2. The summed E-state index contributed by atoms with van der Waals surface area (Å²) in [4.78, 5) is 22.1. The number of primary amides is 1. The molecule has 0 aliphatic heterocycles. The molecule has 0 aromatic heterocycles. The van der Waals surface area contributed by atoms with Gasteiger partial charge >= 0.3 is 0 Å². The molecule has 92 valence electrons. The number of anilines is 1. The Bertz CT molecular complexity index is 431. The standard InChI is InChI=1S/C10H11Cl2N3O2/c11-5-1-6(12)3-7(2-5)15-10(17)8(13)4-9(14)16/h1-3,8H,4,13H2,(H2,14,16)(H,15,17). The number of halogens is 2. The Kier molecular flexibility index (Phi) is 4.74. The van der Waals surface area contributed by atoms with Crippen LogP contribution in [0.5, 0.6) is 0 Å². The van der Waals surface area contributed by atoms with E-state index >= 15 is 0 Å². The van der Waals surface area contributed by atoms with E-state index in [2.05, 4.69) is 5.32 Å². The average Bonchev–Trinajstić information content (AvgIpc) is 2.14. The van der Waals surface area contributed by atoms with Gasteiger partial charge in [-0.1, -0.05) is 23.2 Å². The number of carbonyl (C=O) groups excluding carboxylic acids is 2. The first-order chi connectivity index (χ1) is 7.88. The summed E-state index contributed by atoms with van der Waals surface area (Å²) in [6, 6.07) is 3.57. The third kappa shape index (κ3) is 4.60. The smallest absolute Gasteiger partial charge is 0.241 e. The van der Waals surface area contributed by atoms with Crippen LogP contribution in [0.25, 0.3) is 0 Å². The molecule has 0 radical (unpaired) electrons. The van der Waals surface area contributed by atoms with Crippen LogP contribution in [0, 0.1) is 0 Å². The minimum Gasteiger partial charge on any atom is -0.370 e. The van der Waals surface area contributed by atoms with Gasteiger partial charge in [-0.05, 0) is 18.2 Å². The zero-order valence-electron chi connectivity index (χ0n) is 8.74. The Morgan fingerprint density at radius 1 is 1.24 bits per heavy atom. The summed E-state index contributed by atoms with van der Waals surface area (Å²) in [6.07, 6.45) is -0.222. The lowest BCUT2D eigenvalue weighted by molar-refractivity contribution is -0.123. The van der Waals surface area contributed by atoms with Crippen molar-refractivity contribution in [3.63, 3.8) is 0 Å². The lowest BCUT2D eigenvalue weighted by atomic mass is 10.2. The molecule has 0 aliphatic carbocycles. The van der Waals surface area contributed by atoms with E-state index in [-0.39, 0.29) is 6.42 Å². The summed E-state index contributed by atoms with van der Waals surface area (Å²) in [5.74, 6) is -1.17. The van der Waals surface area contributed by atoms with E-state index in [4.69, 9.17) is 34.7 Å². The largest absolute Gasteiger partial charge is 0.370 e. The molecule has 0 aliphatic rings. The summed E-state index contributed by atoms with van der Waals surface area (Å²) in [7, 11) is 0. The van der Waals surface area contributed by atoms with Crippen molar-refractivity contribution in [3.05, 3.63) is 28.2 Å². The molecule has 0 spiro atoms. The average molecular weight is 276 g/mol. The molecule has 1 aromatic carbocycles. The van der Waals surface area contributed by atoms with E-state index in [0.717, 1.165) is 0 Å². The van der Waals surface area contributed by atoms with Crippen molar-refractivity contribution in [1.82, 2.24) is 0 Å². The maximum atomic E-state index is 11.5. The molecule has 7 heteroatoms. The molecular weight excluding hydrogens is 265 g/mol. The van der Waals surface area contributed by atoms with Crippen LogP contribution in [-0.2, 0) is 9.59 Å². The van der Waals surface area contributed by atoms with E-state index in [0.29, 0.717) is 15.7 Å². The lowest BCUT2D eigenvalue weighted by Crippen LogP contribution is -2.38. The van der Waals surface area contributed by atoms with Gasteiger partial charge < -0.3 is 16.8 Å². The quantitative estimate of drug-likeness (QED) is 0.768. The van der Waals surface area contributed by atoms with Crippen molar-refractivity contribution in [2.24, 2.45) is 11.5 Å². The van der Waals surface area contributed by atoms with Gasteiger partial charge in [-0.3, -0.25) is 9.59 Å². The number of benzene rings is 1. The molecule has 0 saturated heterocycles. The van der Waals surface area contributed by atoms with Gasteiger partial charge in [-0.15, -0.1) is 0 Å². The van der Waals surface area contributed by atoms with Gasteiger partial charge in [0.05, 0.1) is 12.5 Å². The van der Waals surface area contributed by atoms with Crippen molar-refractivity contribution in [3.8, 4) is 0 Å². The van der Waals surface area contributed by atoms with Crippen molar-refractivity contribution in [1.29, 1.82) is 0 Å². The van der Waals surface area contributed by atoms with Crippen LogP contribution in [0.15, 0.2) is 18.2 Å². The van der Waals surface area contributed by atoms with Crippen LogP contribution in [0.2, 0.25) is 10.0 Å². The van der Waals surface area contributed by atoms with Crippen LogP contribution in [0.3, 0.4) is 0 Å². The number of carbonyl (C=O) groups is 2. The number of nitrogens with one attached hydrogen (secondary N) is 1. The van der Waals surface area contributed by atoms with Crippen LogP contribution in [0.4, 0.5) is 5.69 Å².